The Morgan fingerprint density at radius 1 is 1.26 bits per heavy atom. The molecule has 1 fully saturated rings. The average molecular weight is 327 g/mol. The van der Waals surface area contributed by atoms with Gasteiger partial charge in [0, 0.05) is 30.9 Å². The summed E-state index contributed by atoms with van der Waals surface area (Å²) >= 11 is 1.15. The van der Waals surface area contributed by atoms with Crippen molar-refractivity contribution >= 4 is 28.7 Å². The number of amides is 1. The number of aromatic nitrogens is 4. The number of hydrogen-bond donors (Lipinski definition) is 0. The van der Waals surface area contributed by atoms with E-state index in [1.165, 1.54) is 0 Å². The second kappa shape index (κ2) is 5.88. The summed E-state index contributed by atoms with van der Waals surface area (Å²) in [6, 6.07) is 5.41. The summed E-state index contributed by atoms with van der Waals surface area (Å²) < 4.78 is 14.1. The van der Waals surface area contributed by atoms with Gasteiger partial charge in [-0.05, 0) is 18.2 Å². The van der Waals surface area contributed by atoms with E-state index in [2.05, 4.69) is 18.7 Å². The zero-order valence-corrected chi connectivity index (χ0v) is 12.9. The van der Waals surface area contributed by atoms with Crippen molar-refractivity contribution in [2.45, 2.75) is 12.5 Å². The van der Waals surface area contributed by atoms with Crippen LogP contribution in [0.4, 0.5) is 0 Å². The van der Waals surface area contributed by atoms with Crippen molar-refractivity contribution < 1.29 is 9.53 Å². The van der Waals surface area contributed by atoms with Crippen molar-refractivity contribution in [3.8, 4) is 5.88 Å². The number of likely N-dealkylation sites (tertiary alicyclic amines) is 1. The molecular weight excluding hydrogens is 314 g/mol. The van der Waals surface area contributed by atoms with Crippen molar-refractivity contribution in [2.24, 2.45) is 0 Å². The molecule has 2 aromatic heterocycles. The first-order chi connectivity index (χ1) is 11.3. The monoisotopic (exact) mass is 327 g/mol. The Hall–Kier alpha value is -2.61. The van der Waals surface area contributed by atoms with Crippen molar-refractivity contribution in [1.29, 1.82) is 0 Å². The van der Waals surface area contributed by atoms with E-state index >= 15 is 0 Å². The Morgan fingerprint density at radius 3 is 3.04 bits per heavy atom. The molecule has 0 N–H and O–H groups in total. The molecule has 7 nitrogen and oxygen atoms in total. The smallest absolute Gasteiger partial charge is 0.254 e. The normalized spacial score (nSPS) is 17.6. The molecule has 0 radical (unpaired) electrons. The van der Waals surface area contributed by atoms with Crippen LogP contribution >= 0.6 is 11.7 Å². The largest absolute Gasteiger partial charge is 0.471 e. The summed E-state index contributed by atoms with van der Waals surface area (Å²) in [5.41, 5.74) is 2.20. The number of ether oxygens (including phenoxy) is 1. The van der Waals surface area contributed by atoms with Gasteiger partial charge in [-0.3, -0.25) is 9.78 Å². The molecule has 116 valence electrons. The van der Waals surface area contributed by atoms with Crippen LogP contribution in [0.25, 0.3) is 11.0 Å². The fourth-order valence-electron chi connectivity index (χ4n) is 2.62. The maximum atomic E-state index is 12.6. The van der Waals surface area contributed by atoms with Gasteiger partial charge in [0.25, 0.3) is 5.91 Å². The van der Waals surface area contributed by atoms with Crippen LogP contribution in [-0.4, -0.2) is 48.7 Å². The number of rotatable bonds is 3. The second-order valence-corrected chi connectivity index (χ2v) is 5.82. The van der Waals surface area contributed by atoms with Gasteiger partial charge in [0.1, 0.15) is 17.1 Å². The number of fused-ring (bicyclic) bond motifs is 1. The van der Waals surface area contributed by atoms with Gasteiger partial charge < -0.3 is 9.64 Å². The highest BCUT2D eigenvalue weighted by molar-refractivity contribution is 7.00. The fraction of sp³-hybridized carbons (Fsp3) is 0.267. The highest BCUT2D eigenvalue weighted by Gasteiger charge is 2.28. The molecule has 0 aliphatic carbocycles. The molecule has 0 spiro atoms. The van der Waals surface area contributed by atoms with Crippen molar-refractivity contribution in [2.75, 3.05) is 13.1 Å². The molecule has 4 rings (SSSR count). The van der Waals surface area contributed by atoms with E-state index in [4.69, 9.17) is 4.74 Å². The number of nitrogens with zero attached hydrogens (tertiary/aromatic N) is 5. The van der Waals surface area contributed by atoms with Crippen molar-refractivity contribution in [3.63, 3.8) is 0 Å². The maximum absolute atomic E-state index is 12.6. The summed E-state index contributed by atoms with van der Waals surface area (Å²) in [5, 5.41) is 0. The van der Waals surface area contributed by atoms with Crippen molar-refractivity contribution in [1.82, 2.24) is 23.6 Å². The molecular formula is C15H13N5O2S. The molecule has 8 heteroatoms. The summed E-state index contributed by atoms with van der Waals surface area (Å²) in [6.45, 7) is 1.21. The molecule has 0 saturated carbocycles. The molecule has 3 aromatic rings. The van der Waals surface area contributed by atoms with Crippen LogP contribution in [0.2, 0.25) is 0 Å². The van der Waals surface area contributed by atoms with E-state index in [9.17, 15) is 4.79 Å². The molecule has 1 aliphatic rings. The zero-order valence-electron chi connectivity index (χ0n) is 12.1. The first-order valence-corrected chi connectivity index (χ1v) is 7.97. The zero-order chi connectivity index (χ0) is 15.6. The summed E-state index contributed by atoms with van der Waals surface area (Å²) in [4.78, 5) is 22.5. The van der Waals surface area contributed by atoms with Gasteiger partial charge in [0.05, 0.1) is 24.5 Å². The van der Waals surface area contributed by atoms with Crippen LogP contribution in [0, 0.1) is 0 Å². The summed E-state index contributed by atoms with van der Waals surface area (Å²) in [5.74, 6) is 0.479. The fourth-order valence-corrected chi connectivity index (χ4v) is 3.14. The standard InChI is InChI=1S/C15H13N5O2S/c21-15(10-1-2-12-13(7-10)19-23-18-12)20-6-3-11(9-20)22-14-8-16-4-5-17-14/h1-2,4-5,7-8,11H,3,6,9H2. The van der Waals surface area contributed by atoms with Gasteiger partial charge in [0.2, 0.25) is 5.88 Å². The minimum Gasteiger partial charge on any atom is -0.471 e. The Bertz CT molecular complexity index is 838. The molecule has 1 amide bonds. The van der Waals surface area contributed by atoms with Gasteiger partial charge in [-0.15, -0.1) is 0 Å². The molecule has 1 atom stereocenters. The minimum atomic E-state index is -0.0553. The molecule has 1 saturated heterocycles. The van der Waals surface area contributed by atoms with Gasteiger partial charge in [-0.1, -0.05) is 0 Å². The van der Waals surface area contributed by atoms with E-state index in [-0.39, 0.29) is 12.0 Å². The third kappa shape index (κ3) is 2.85. The third-order valence-corrected chi connectivity index (χ3v) is 4.32. The van der Waals surface area contributed by atoms with E-state index in [1.54, 1.807) is 35.6 Å². The SMILES string of the molecule is O=C(c1ccc2nsnc2c1)N1CCC(Oc2cnccn2)C1. The molecule has 3 heterocycles. The Balaban J connectivity index is 1.45. The second-order valence-electron chi connectivity index (χ2n) is 5.29. The van der Waals surface area contributed by atoms with Gasteiger partial charge >= 0.3 is 0 Å². The van der Waals surface area contributed by atoms with Crippen LogP contribution < -0.4 is 4.74 Å². The van der Waals surface area contributed by atoms with Crippen molar-refractivity contribution in [3.05, 3.63) is 42.4 Å². The lowest BCUT2D eigenvalue weighted by Gasteiger charge is -2.16. The Kier molecular flexibility index (Phi) is 3.58. The van der Waals surface area contributed by atoms with Crippen LogP contribution in [-0.2, 0) is 0 Å². The molecule has 1 aliphatic heterocycles. The molecule has 1 unspecified atom stereocenters. The molecule has 1 aromatic carbocycles. The van der Waals surface area contributed by atoms with Gasteiger partial charge in [0.15, 0.2) is 0 Å². The maximum Gasteiger partial charge on any atom is 0.254 e. The Morgan fingerprint density at radius 2 is 2.17 bits per heavy atom. The number of benzene rings is 1. The van der Waals surface area contributed by atoms with E-state index in [0.717, 1.165) is 29.2 Å². The minimum absolute atomic E-state index is 0.00912. The quantitative estimate of drug-likeness (QED) is 0.729. The van der Waals surface area contributed by atoms with Crippen LogP contribution in [0.3, 0.4) is 0 Å². The lowest BCUT2D eigenvalue weighted by Crippen LogP contribution is -2.31. The lowest BCUT2D eigenvalue weighted by atomic mass is 10.2. The number of hydrogen-bond acceptors (Lipinski definition) is 7. The summed E-state index contributed by atoms with van der Waals surface area (Å²) in [7, 11) is 0. The highest BCUT2D eigenvalue weighted by atomic mass is 32.1. The predicted molar refractivity (Wildman–Crippen MR) is 84.4 cm³/mol. The number of carbonyl (C=O) groups excluding carboxylic acids is 1. The number of carbonyl (C=O) groups is 1. The first-order valence-electron chi connectivity index (χ1n) is 7.24. The van der Waals surface area contributed by atoms with Gasteiger partial charge in [-0.25, -0.2) is 4.98 Å². The Labute approximate surface area is 136 Å². The first kappa shape index (κ1) is 14.0. The third-order valence-electron chi connectivity index (χ3n) is 3.76. The van der Waals surface area contributed by atoms with E-state index in [0.29, 0.717) is 24.5 Å². The van der Waals surface area contributed by atoms with E-state index < -0.39 is 0 Å². The van der Waals surface area contributed by atoms with Gasteiger partial charge in [-0.2, -0.15) is 8.75 Å². The lowest BCUT2D eigenvalue weighted by molar-refractivity contribution is 0.0771. The van der Waals surface area contributed by atoms with Crippen LogP contribution in [0.5, 0.6) is 5.88 Å². The highest BCUT2D eigenvalue weighted by Crippen LogP contribution is 2.20. The predicted octanol–water partition coefficient (Wildman–Crippen LogP) is 1.77. The van der Waals surface area contributed by atoms with Crippen LogP contribution in [0.1, 0.15) is 16.8 Å². The molecule has 0 bridgehead atoms. The van der Waals surface area contributed by atoms with E-state index in [1.807, 2.05) is 6.07 Å². The molecule has 23 heavy (non-hydrogen) atoms. The average Bonchev–Trinajstić information content (AvgIpc) is 3.23. The topological polar surface area (TPSA) is 81.1 Å². The summed E-state index contributed by atoms with van der Waals surface area (Å²) in [6.07, 6.45) is 5.49. The van der Waals surface area contributed by atoms with Crippen LogP contribution in [0.15, 0.2) is 36.8 Å².